The summed E-state index contributed by atoms with van der Waals surface area (Å²) in [6.45, 7) is 1.52. The SMILES string of the molecule is CC(F)c1cnc(CBr)s1. The van der Waals surface area contributed by atoms with Crippen molar-refractivity contribution in [1.29, 1.82) is 0 Å². The first kappa shape index (κ1) is 8.14. The van der Waals surface area contributed by atoms with Crippen molar-refractivity contribution >= 4 is 27.3 Å². The van der Waals surface area contributed by atoms with Gasteiger partial charge in [-0.05, 0) is 6.92 Å². The number of rotatable bonds is 2. The van der Waals surface area contributed by atoms with Crippen molar-refractivity contribution in [2.45, 2.75) is 18.4 Å². The van der Waals surface area contributed by atoms with Gasteiger partial charge in [-0.2, -0.15) is 0 Å². The molecule has 0 aliphatic rings. The van der Waals surface area contributed by atoms with Crippen molar-refractivity contribution in [2.75, 3.05) is 0 Å². The van der Waals surface area contributed by atoms with Gasteiger partial charge >= 0.3 is 0 Å². The molecule has 1 unspecified atom stereocenters. The molecule has 1 atom stereocenters. The van der Waals surface area contributed by atoms with Gasteiger partial charge in [-0.25, -0.2) is 9.37 Å². The Balaban J connectivity index is 2.78. The van der Waals surface area contributed by atoms with Crippen molar-refractivity contribution in [2.24, 2.45) is 0 Å². The van der Waals surface area contributed by atoms with Gasteiger partial charge in [-0.1, -0.05) is 15.9 Å². The molecule has 1 aromatic rings. The Morgan fingerprint density at radius 1 is 1.90 bits per heavy atom. The van der Waals surface area contributed by atoms with Gasteiger partial charge in [0.2, 0.25) is 0 Å². The molecule has 56 valence electrons. The summed E-state index contributed by atoms with van der Waals surface area (Å²) in [4.78, 5) is 4.69. The lowest BCUT2D eigenvalue weighted by molar-refractivity contribution is 0.380. The van der Waals surface area contributed by atoms with E-state index in [1.54, 1.807) is 6.20 Å². The highest BCUT2D eigenvalue weighted by Crippen LogP contribution is 2.24. The van der Waals surface area contributed by atoms with Crippen LogP contribution in [0.5, 0.6) is 0 Å². The number of aromatic nitrogens is 1. The van der Waals surface area contributed by atoms with Crippen LogP contribution in [0.4, 0.5) is 4.39 Å². The summed E-state index contributed by atoms with van der Waals surface area (Å²) in [7, 11) is 0. The van der Waals surface area contributed by atoms with E-state index in [1.807, 2.05) is 0 Å². The molecule has 1 heterocycles. The minimum absolute atomic E-state index is 0.703. The normalized spacial score (nSPS) is 13.5. The third-order valence-corrected chi connectivity index (χ3v) is 3.13. The molecule has 1 nitrogen and oxygen atoms in total. The first-order valence-corrected chi connectivity index (χ1v) is 4.82. The van der Waals surface area contributed by atoms with E-state index in [0.29, 0.717) is 10.2 Å². The Hall–Kier alpha value is 0.0400. The molecule has 0 fully saturated rings. The van der Waals surface area contributed by atoms with Gasteiger partial charge in [0.05, 0.1) is 10.2 Å². The van der Waals surface area contributed by atoms with Gasteiger partial charge in [0.25, 0.3) is 0 Å². The van der Waals surface area contributed by atoms with Crippen LogP contribution in [-0.2, 0) is 5.33 Å². The summed E-state index contributed by atoms with van der Waals surface area (Å²) < 4.78 is 12.5. The Labute approximate surface area is 71.4 Å². The Morgan fingerprint density at radius 3 is 2.90 bits per heavy atom. The molecule has 0 N–H and O–H groups in total. The van der Waals surface area contributed by atoms with Crippen molar-refractivity contribution in [1.82, 2.24) is 4.98 Å². The van der Waals surface area contributed by atoms with Crippen LogP contribution in [0.25, 0.3) is 0 Å². The molecular weight excluding hydrogens is 217 g/mol. The lowest BCUT2D eigenvalue weighted by Crippen LogP contribution is -1.75. The molecule has 1 aromatic heterocycles. The fourth-order valence-corrected chi connectivity index (χ4v) is 1.76. The molecule has 10 heavy (non-hydrogen) atoms. The van der Waals surface area contributed by atoms with Crippen LogP contribution < -0.4 is 0 Å². The number of thiazole rings is 1. The highest BCUT2D eigenvalue weighted by atomic mass is 79.9. The van der Waals surface area contributed by atoms with Gasteiger partial charge in [0.1, 0.15) is 11.2 Å². The smallest absolute Gasteiger partial charge is 0.133 e. The number of hydrogen-bond donors (Lipinski definition) is 0. The standard InChI is InChI=1S/C6H7BrFNS/c1-4(8)5-3-9-6(2-7)10-5/h3-4H,2H2,1H3. The number of hydrogen-bond acceptors (Lipinski definition) is 2. The molecule has 0 amide bonds. The van der Waals surface area contributed by atoms with E-state index in [-0.39, 0.29) is 0 Å². The molecule has 0 aliphatic heterocycles. The van der Waals surface area contributed by atoms with Gasteiger partial charge in [-0.3, -0.25) is 0 Å². The van der Waals surface area contributed by atoms with Crippen LogP contribution in [-0.4, -0.2) is 4.98 Å². The van der Waals surface area contributed by atoms with Crippen LogP contribution in [0.15, 0.2) is 6.20 Å². The van der Waals surface area contributed by atoms with Crippen LogP contribution >= 0.6 is 27.3 Å². The predicted molar refractivity (Wildman–Crippen MR) is 44.3 cm³/mol. The molecule has 0 radical (unpaired) electrons. The average Bonchev–Trinajstić information content (AvgIpc) is 2.34. The molecule has 0 bridgehead atoms. The lowest BCUT2D eigenvalue weighted by Gasteiger charge is -1.91. The Bertz CT molecular complexity index is 211. The first-order valence-electron chi connectivity index (χ1n) is 2.88. The van der Waals surface area contributed by atoms with Crippen molar-refractivity contribution in [3.8, 4) is 0 Å². The van der Waals surface area contributed by atoms with Gasteiger partial charge in [0.15, 0.2) is 0 Å². The molecule has 1 rings (SSSR count). The van der Waals surface area contributed by atoms with Crippen LogP contribution in [0.1, 0.15) is 23.0 Å². The topological polar surface area (TPSA) is 12.9 Å². The largest absolute Gasteiger partial charge is 0.248 e. The minimum atomic E-state index is -0.884. The lowest BCUT2D eigenvalue weighted by atomic mass is 10.4. The molecule has 0 saturated heterocycles. The van der Waals surface area contributed by atoms with E-state index in [4.69, 9.17) is 0 Å². The molecule has 4 heteroatoms. The van der Waals surface area contributed by atoms with Gasteiger partial charge < -0.3 is 0 Å². The third kappa shape index (κ3) is 1.76. The molecule has 0 saturated carbocycles. The molecular formula is C6H7BrFNS. The second-order valence-corrected chi connectivity index (χ2v) is 3.61. The van der Waals surface area contributed by atoms with Crippen LogP contribution in [0.2, 0.25) is 0 Å². The average molecular weight is 224 g/mol. The van der Waals surface area contributed by atoms with Crippen molar-refractivity contribution in [3.63, 3.8) is 0 Å². The number of halogens is 2. The number of alkyl halides is 2. The summed E-state index contributed by atoms with van der Waals surface area (Å²) in [6.07, 6.45) is 0.705. The molecule has 0 aromatic carbocycles. The van der Waals surface area contributed by atoms with E-state index < -0.39 is 6.17 Å². The fraction of sp³-hybridized carbons (Fsp3) is 0.500. The second kappa shape index (κ2) is 3.44. The Morgan fingerprint density at radius 2 is 2.60 bits per heavy atom. The van der Waals surface area contributed by atoms with E-state index in [9.17, 15) is 4.39 Å². The highest BCUT2D eigenvalue weighted by Gasteiger charge is 2.06. The highest BCUT2D eigenvalue weighted by molar-refractivity contribution is 9.08. The summed E-state index contributed by atoms with van der Waals surface area (Å²) in [5.74, 6) is 0. The maximum atomic E-state index is 12.5. The summed E-state index contributed by atoms with van der Waals surface area (Å²) in [5, 5.41) is 1.64. The van der Waals surface area contributed by atoms with E-state index >= 15 is 0 Å². The van der Waals surface area contributed by atoms with E-state index in [2.05, 4.69) is 20.9 Å². The quantitative estimate of drug-likeness (QED) is 0.703. The van der Waals surface area contributed by atoms with E-state index in [0.717, 1.165) is 5.01 Å². The molecule has 0 spiro atoms. The minimum Gasteiger partial charge on any atom is -0.248 e. The predicted octanol–water partition coefficient (Wildman–Crippen LogP) is 3.07. The summed E-state index contributed by atoms with van der Waals surface area (Å²) >= 11 is 4.65. The molecule has 0 aliphatic carbocycles. The maximum absolute atomic E-state index is 12.5. The third-order valence-electron chi connectivity index (χ3n) is 1.08. The zero-order valence-electron chi connectivity index (χ0n) is 5.47. The maximum Gasteiger partial charge on any atom is 0.133 e. The summed E-state index contributed by atoms with van der Waals surface area (Å²) in [6, 6.07) is 0. The number of nitrogens with zero attached hydrogens (tertiary/aromatic N) is 1. The van der Waals surface area contributed by atoms with Crippen molar-refractivity contribution < 1.29 is 4.39 Å². The van der Waals surface area contributed by atoms with Gasteiger partial charge in [0, 0.05) is 6.20 Å². The second-order valence-electron chi connectivity index (χ2n) is 1.91. The van der Waals surface area contributed by atoms with E-state index in [1.165, 1.54) is 18.3 Å². The first-order chi connectivity index (χ1) is 4.74. The zero-order chi connectivity index (χ0) is 7.56. The van der Waals surface area contributed by atoms with Crippen LogP contribution in [0, 0.1) is 0 Å². The van der Waals surface area contributed by atoms with Crippen LogP contribution in [0.3, 0.4) is 0 Å². The van der Waals surface area contributed by atoms with Crippen molar-refractivity contribution in [3.05, 3.63) is 16.1 Å². The summed E-state index contributed by atoms with van der Waals surface area (Å²) in [5.41, 5.74) is 0. The Kier molecular flexibility index (Phi) is 2.80. The zero-order valence-corrected chi connectivity index (χ0v) is 7.88. The fourth-order valence-electron chi connectivity index (χ4n) is 0.570. The monoisotopic (exact) mass is 223 g/mol. The van der Waals surface area contributed by atoms with Gasteiger partial charge in [-0.15, -0.1) is 11.3 Å².